The monoisotopic (exact) mass is 408 g/mol. The number of amides is 1. The molecule has 3 atom stereocenters. The molecule has 0 aromatic heterocycles. The number of benzene rings is 1. The van der Waals surface area contributed by atoms with E-state index < -0.39 is 0 Å². The molecule has 0 bridgehead atoms. The van der Waals surface area contributed by atoms with E-state index in [4.69, 9.17) is 9.47 Å². The van der Waals surface area contributed by atoms with Crippen LogP contribution in [0.15, 0.2) is 48.1 Å². The van der Waals surface area contributed by atoms with E-state index in [1.165, 1.54) is 36.1 Å². The molecule has 30 heavy (non-hydrogen) atoms. The van der Waals surface area contributed by atoms with Gasteiger partial charge in [-0.05, 0) is 55.7 Å². The van der Waals surface area contributed by atoms with Gasteiger partial charge in [0, 0.05) is 23.7 Å². The molecule has 160 valence electrons. The van der Waals surface area contributed by atoms with Gasteiger partial charge in [-0.3, -0.25) is 4.90 Å². The van der Waals surface area contributed by atoms with Gasteiger partial charge in [-0.1, -0.05) is 42.8 Å². The molecule has 2 fully saturated rings. The minimum absolute atomic E-state index is 0.119. The van der Waals surface area contributed by atoms with Crippen LogP contribution in [0.25, 0.3) is 0 Å². The Labute approximate surface area is 179 Å². The van der Waals surface area contributed by atoms with Gasteiger partial charge in [0.1, 0.15) is 6.61 Å². The highest BCUT2D eigenvalue weighted by Crippen LogP contribution is 2.50. The first-order valence-electron chi connectivity index (χ1n) is 11.5. The maximum Gasteiger partial charge on any atom is 0.410 e. The summed E-state index contributed by atoms with van der Waals surface area (Å²) in [6, 6.07) is 9.38. The summed E-state index contributed by atoms with van der Waals surface area (Å²) in [7, 11) is 0. The molecule has 0 radical (unpaired) electrons. The molecule has 5 heteroatoms. The van der Waals surface area contributed by atoms with E-state index in [9.17, 15) is 4.79 Å². The summed E-state index contributed by atoms with van der Waals surface area (Å²) in [5.41, 5.74) is 3.64. The fourth-order valence-corrected chi connectivity index (χ4v) is 5.29. The first kappa shape index (κ1) is 19.7. The summed E-state index contributed by atoms with van der Waals surface area (Å²) in [6.07, 6.45) is 14.3. The zero-order valence-electron chi connectivity index (χ0n) is 17.6. The van der Waals surface area contributed by atoms with Gasteiger partial charge in [-0.25, -0.2) is 4.79 Å². The number of carbonyl (C=O) groups is 1. The minimum Gasteiger partial charge on any atom is -0.447 e. The second-order valence-corrected chi connectivity index (χ2v) is 8.94. The highest BCUT2D eigenvalue weighted by atomic mass is 16.6. The molecule has 5 nitrogen and oxygen atoms in total. The first-order chi connectivity index (χ1) is 14.8. The van der Waals surface area contributed by atoms with Crippen molar-refractivity contribution in [3.05, 3.63) is 53.6 Å². The Balaban J connectivity index is 1.23. The van der Waals surface area contributed by atoms with E-state index in [-0.39, 0.29) is 12.1 Å². The topological polar surface area (TPSA) is 50.8 Å². The van der Waals surface area contributed by atoms with Crippen molar-refractivity contribution in [3.63, 3.8) is 0 Å². The van der Waals surface area contributed by atoms with Crippen LogP contribution in [0.2, 0.25) is 0 Å². The third kappa shape index (κ3) is 4.13. The van der Waals surface area contributed by atoms with Crippen molar-refractivity contribution in [2.75, 3.05) is 25.1 Å². The molecule has 0 spiro atoms. The van der Waals surface area contributed by atoms with Crippen molar-refractivity contribution in [1.82, 2.24) is 4.90 Å². The molecular weight excluding hydrogens is 376 g/mol. The molecule has 1 aromatic rings. The fraction of sp³-hybridized carbons (Fsp3) is 0.560. The maximum atomic E-state index is 13.2. The van der Waals surface area contributed by atoms with Crippen LogP contribution in [0.5, 0.6) is 0 Å². The predicted octanol–water partition coefficient (Wildman–Crippen LogP) is 5.22. The fourth-order valence-electron chi connectivity index (χ4n) is 5.29. The Kier molecular flexibility index (Phi) is 5.80. The second-order valence-electron chi connectivity index (χ2n) is 8.94. The number of hydrogen-bond acceptors (Lipinski definition) is 4. The van der Waals surface area contributed by atoms with E-state index >= 15 is 0 Å². The minimum atomic E-state index is -0.176. The number of carbonyl (C=O) groups excluding carboxylic acids is 1. The quantitative estimate of drug-likeness (QED) is 0.629. The molecule has 1 aliphatic heterocycles. The Morgan fingerprint density at radius 2 is 2.00 bits per heavy atom. The number of para-hydroxylation sites is 1. The Morgan fingerprint density at radius 1 is 1.10 bits per heavy atom. The third-order valence-electron chi connectivity index (χ3n) is 6.84. The van der Waals surface area contributed by atoms with Crippen LogP contribution in [-0.4, -0.2) is 42.9 Å². The van der Waals surface area contributed by atoms with Gasteiger partial charge >= 0.3 is 6.09 Å². The molecule has 5 rings (SSSR count). The Hall–Kier alpha value is -2.27. The molecular formula is C25H32N2O3. The Morgan fingerprint density at radius 3 is 2.83 bits per heavy atom. The van der Waals surface area contributed by atoms with Gasteiger partial charge in [0.15, 0.2) is 0 Å². The molecule has 1 N–H and O–H groups in total. The maximum absolute atomic E-state index is 13.2. The van der Waals surface area contributed by atoms with Gasteiger partial charge in [0.2, 0.25) is 0 Å². The summed E-state index contributed by atoms with van der Waals surface area (Å²) < 4.78 is 11.4. The van der Waals surface area contributed by atoms with Crippen molar-refractivity contribution in [1.29, 1.82) is 0 Å². The number of fused-ring (bicyclic) bond motifs is 2. The number of allylic oxidation sites excluding steroid dienone is 2. The van der Waals surface area contributed by atoms with Gasteiger partial charge in [0.25, 0.3) is 0 Å². The summed E-state index contributed by atoms with van der Waals surface area (Å²) in [6.45, 7) is 1.33. The van der Waals surface area contributed by atoms with Crippen molar-refractivity contribution >= 4 is 11.8 Å². The molecule has 2 saturated carbocycles. The number of nitrogens with one attached hydrogen (secondary N) is 1. The number of anilines is 1. The average Bonchev–Trinajstić information content (AvgIpc) is 3.50. The summed E-state index contributed by atoms with van der Waals surface area (Å²) in [5.74, 6) is 0.467. The van der Waals surface area contributed by atoms with Crippen LogP contribution in [0.1, 0.15) is 56.6 Å². The summed E-state index contributed by atoms with van der Waals surface area (Å²) >= 11 is 0. The predicted molar refractivity (Wildman–Crippen MR) is 117 cm³/mol. The first-order valence-corrected chi connectivity index (χ1v) is 11.5. The lowest BCUT2D eigenvalue weighted by atomic mass is 9.83. The van der Waals surface area contributed by atoms with Gasteiger partial charge in [-0.2, -0.15) is 0 Å². The van der Waals surface area contributed by atoms with Crippen LogP contribution < -0.4 is 5.32 Å². The molecule has 3 aliphatic carbocycles. The van der Waals surface area contributed by atoms with Crippen LogP contribution >= 0.6 is 0 Å². The third-order valence-corrected chi connectivity index (χ3v) is 6.84. The van der Waals surface area contributed by atoms with Crippen molar-refractivity contribution in [3.8, 4) is 0 Å². The van der Waals surface area contributed by atoms with Crippen molar-refractivity contribution in [2.45, 2.75) is 63.1 Å². The van der Waals surface area contributed by atoms with E-state index in [2.05, 4.69) is 52.7 Å². The van der Waals surface area contributed by atoms with Crippen molar-refractivity contribution in [2.24, 2.45) is 5.92 Å². The highest BCUT2D eigenvalue weighted by molar-refractivity contribution is 5.71. The molecule has 1 heterocycles. The normalized spacial score (nSPS) is 26.9. The van der Waals surface area contributed by atoms with E-state index in [1.807, 2.05) is 0 Å². The summed E-state index contributed by atoms with van der Waals surface area (Å²) in [5, 5.41) is 3.72. The largest absolute Gasteiger partial charge is 0.447 e. The van der Waals surface area contributed by atoms with Crippen LogP contribution in [0.4, 0.5) is 10.5 Å². The molecule has 3 unspecified atom stereocenters. The van der Waals surface area contributed by atoms with Crippen LogP contribution in [0.3, 0.4) is 0 Å². The number of nitrogens with zero attached hydrogens (tertiary/aromatic N) is 1. The lowest BCUT2D eigenvalue weighted by Crippen LogP contribution is -2.46. The average molecular weight is 409 g/mol. The van der Waals surface area contributed by atoms with Crippen LogP contribution in [-0.2, 0) is 9.47 Å². The summed E-state index contributed by atoms with van der Waals surface area (Å²) in [4.78, 5) is 15.3. The van der Waals surface area contributed by atoms with Crippen LogP contribution in [0, 0.1) is 5.92 Å². The smallest absolute Gasteiger partial charge is 0.410 e. The van der Waals surface area contributed by atoms with E-state index in [1.54, 1.807) is 0 Å². The van der Waals surface area contributed by atoms with Gasteiger partial charge < -0.3 is 14.8 Å². The molecule has 0 saturated heterocycles. The lowest BCUT2D eigenvalue weighted by molar-refractivity contribution is 0.0407. The van der Waals surface area contributed by atoms with Gasteiger partial charge in [0.05, 0.1) is 19.3 Å². The number of rotatable bonds is 7. The molecule has 4 aliphatic rings. The highest BCUT2D eigenvalue weighted by Gasteiger charge is 2.48. The molecule has 1 amide bonds. The Bertz CT molecular complexity index is 829. The second kappa shape index (κ2) is 8.84. The zero-order chi connectivity index (χ0) is 20.3. The molecule has 1 aromatic carbocycles. The SMILES string of the molecule is O=C(OCCOCC1=CCCC=C1)N(C1CC1)C1c2ccccc2NC2CCCC21. The zero-order valence-corrected chi connectivity index (χ0v) is 17.6. The van der Waals surface area contributed by atoms with E-state index in [0.717, 1.165) is 25.7 Å². The van der Waals surface area contributed by atoms with E-state index in [0.29, 0.717) is 37.8 Å². The standard InChI is InChI=1S/C25H32N2O3/c28-25(30-16-15-29-17-18-7-2-1-3-8-18)27(19-13-14-19)24-20-9-4-5-11-22(20)26-23-12-6-10-21(23)24/h2,4-5,7-9,11,19,21,23-24,26H,1,3,6,10,12-17H2. The van der Waals surface area contributed by atoms with Gasteiger partial charge in [-0.15, -0.1) is 0 Å². The number of hydrogen-bond donors (Lipinski definition) is 1. The van der Waals surface area contributed by atoms with Crippen molar-refractivity contribution < 1.29 is 14.3 Å². The number of ether oxygens (including phenoxy) is 2. The lowest BCUT2D eigenvalue weighted by Gasteiger charge is -2.43.